The molecule has 1 unspecified atom stereocenters. The molecule has 3 heteroatoms. The van der Waals surface area contributed by atoms with E-state index in [1.807, 2.05) is 0 Å². The zero-order valence-electron chi connectivity index (χ0n) is 8.00. The number of cyclic esters (lactones) is 1. The SMILES string of the molecule is O=C1CCC(CN2CCCCC2)O1. The normalized spacial score (nSPS) is 30.5. The molecule has 3 nitrogen and oxygen atoms in total. The maximum atomic E-state index is 10.9. The van der Waals surface area contributed by atoms with E-state index in [0.717, 1.165) is 13.0 Å². The van der Waals surface area contributed by atoms with Crippen LogP contribution in [0.2, 0.25) is 0 Å². The standard InChI is InChI=1S/C10H17NO2/c12-10-5-4-9(13-10)8-11-6-2-1-3-7-11/h9H,1-8H2. The van der Waals surface area contributed by atoms with Crippen LogP contribution >= 0.6 is 0 Å². The Labute approximate surface area is 79.0 Å². The van der Waals surface area contributed by atoms with Crippen molar-refractivity contribution in [1.82, 2.24) is 4.90 Å². The molecule has 0 aromatic carbocycles. The summed E-state index contributed by atoms with van der Waals surface area (Å²) in [4.78, 5) is 13.3. The highest BCUT2D eigenvalue weighted by molar-refractivity contribution is 5.71. The highest BCUT2D eigenvalue weighted by atomic mass is 16.5. The Balaban J connectivity index is 1.73. The minimum absolute atomic E-state index is 0.0120. The number of carbonyl (C=O) groups is 1. The average molecular weight is 183 g/mol. The molecule has 1 atom stereocenters. The molecular weight excluding hydrogens is 166 g/mol. The molecule has 13 heavy (non-hydrogen) atoms. The molecule has 74 valence electrons. The lowest BCUT2D eigenvalue weighted by atomic mass is 10.1. The van der Waals surface area contributed by atoms with Crippen molar-refractivity contribution < 1.29 is 9.53 Å². The Hall–Kier alpha value is -0.570. The lowest BCUT2D eigenvalue weighted by Gasteiger charge is -2.28. The molecule has 0 aromatic rings. The molecule has 0 N–H and O–H groups in total. The molecule has 2 rings (SSSR count). The monoisotopic (exact) mass is 183 g/mol. The topological polar surface area (TPSA) is 29.5 Å². The van der Waals surface area contributed by atoms with E-state index in [0.29, 0.717) is 6.42 Å². The van der Waals surface area contributed by atoms with Crippen LogP contribution in [-0.2, 0) is 9.53 Å². The first-order valence-electron chi connectivity index (χ1n) is 5.26. The number of hydrogen-bond donors (Lipinski definition) is 0. The third kappa shape index (κ3) is 2.44. The smallest absolute Gasteiger partial charge is 0.306 e. The Morgan fingerprint density at radius 1 is 1.31 bits per heavy atom. The second-order valence-electron chi connectivity index (χ2n) is 4.01. The molecule has 0 aliphatic carbocycles. The lowest BCUT2D eigenvalue weighted by Crippen LogP contribution is -2.36. The van der Waals surface area contributed by atoms with Gasteiger partial charge in [0, 0.05) is 13.0 Å². The highest BCUT2D eigenvalue weighted by Gasteiger charge is 2.25. The molecule has 2 aliphatic heterocycles. The molecule has 0 aromatic heterocycles. The van der Waals surface area contributed by atoms with Crippen molar-refractivity contribution in [2.45, 2.75) is 38.2 Å². The summed E-state index contributed by atoms with van der Waals surface area (Å²) in [5.41, 5.74) is 0. The minimum Gasteiger partial charge on any atom is -0.461 e. The van der Waals surface area contributed by atoms with E-state index in [2.05, 4.69) is 4.90 Å². The van der Waals surface area contributed by atoms with Crippen LogP contribution in [0, 0.1) is 0 Å². The number of nitrogens with zero attached hydrogens (tertiary/aromatic N) is 1. The largest absolute Gasteiger partial charge is 0.461 e. The van der Waals surface area contributed by atoms with E-state index in [9.17, 15) is 4.79 Å². The minimum atomic E-state index is -0.0120. The number of esters is 1. The Kier molecular flexibility index (Phi) is 2.83. The summed E-state index contributed by atoms with van der Waals surface area (Å²) in [5, 5.41) is 0. The van der Waals surface area contributed by atoms with Gasteiger partial charge in [-0.15, -0.1) is 0 Å². The van der Waals surface area contributed by atoms with Gasteiger partial charge in [0.25, 0.3) is 0 Å². The molecule has 2 fully saturated rings. The first-order chi connectivity index (χ1) is 6.34. The van der Waals surface area contributed by atoms with Gasteiger partial charge in [-0.3, -0.25) is 9.69 Å². The predicted molar refractivity (Wildman–Crippen MR) is 49.4 cm³/mol. The summed E-state index contributed by atoms with van der Waals surface area (Å²) in [6.07, 6.45) is 5.71. The first-order valence-corrected chi connectivity index (χ1v) is 5.26. The van der Waals surface area contributed by atoms with Gasteiger partial charge < -0.3 is 4.74 Å². The molecule has 0 spiro atoms. The zero-order valence-corrected chi connectivity index (χ0v) is 8.00. The molecule has 2 saturated heterocycles. The van der Waals surface area contributed by atoms with E-state index >= 15 is 0 Å². The van der Waals surface area contributed by atoms with Crippen LogP contribution in [0.4, 0.5) is 0 Å². The van der Waals surface area contributed by atoms with Gasteiger partial charge in [-0.25, -0.2) is 0 Å². The van der Waals surface area contributed by atoms with Gasteiger partial charge in [-0.05, 0) is 32.4 Å². The predicted octanol–water partition coefficient (Wildman–Crippen LogP) is 1.18. The summed E-state index contributed by atoms with van der Waals surface area (Å²) in [5.74, 6) is -0.0120. The average Bonchev–Trinajstić information content (AvgIpc) is 2.53. The Bertz CT molecular complexity index is 187. The number of likely N-dealkylation sites (tertiary alicyclic amines) is 1. The number of piperidine rings is 1. The quantitative estimate of drug-likeness (QED) is 0.602. The number of hydrogen-bond acceptors (Lipinski definition) is 3. The molecule has 0 amide bonds. The van der Waals surface area contributed by atoms with Crippen molar-refractivity contribution in [2.24, 2.45) is 0 Å². The summed E-state index contributed by atoms with van der Waals surface area (Å²) in [7, 11) is 0. The van der Waals surface area contributed by atoms with Crippen molar-refractivity contribution in [2.75, 3.05) is 19.6 Å². The van der Waals surface area contributed by atoms with Gasteiger partial charge in [0.2, 0.25) is 0 Å². The van der Waals surface area contributed by atoms with Crippen LogP contribution in [0.25, 0.3) is 0 Å². The molecule has 0 radical (unpaired) electrons. The summed E-state index contributed by atoms with van der Waals surface area (Å²) < 4.78 is 5.18. The third-order valence-electron chi connectivity index (χ3n) is 2.88. The van der Waals surface area contributed by atoms with Crippen molar-refractivity contribution >= 4 is 5.97 Å². The van der Waals surface area contributed by atoms with E-state index < -0.39 is 0 Å². The number of carbonyl (C=O) groups excluding carboxylic acids is 1. The Morgan fingerprint density at radius 3 is 2.69 bits per heavy atom. The second-order valence-corrected chi connectivity index (χ2v) is 4.01. The van der Waals surface area contributed by atoms with Crippen LogP contribution in [0.15, 0.2) is 0 Å². The third-order valence-corrected chi connectivity index (χ3v) is 2.88. The van der Waals surface area contributed by atoms with E-state index in [4.69, 9.17) is 4.74 Å². The summed E-state index contributed by atoms with van der Waals surface area (Å²) in [6, 6.07) is 0. The maximum absolute atomic E-state index is 10.9. The Morgan fingerprint density at radius 2 is 2.08 bits per heavy atom. The molecule has 0 saturated carbocycles. The van der Waals surface area contributed by atoms with Crippen molar-refractivity contribution in [1.29, 1.82) is 0 Å². The van der Waals surface area contributed by atoms with E-state index in [1.165, 1.54) is 32.4 Å². The number of ether oxygens (including phenoxy) is 1. The van der Waals surface area contributed by atoms with Gasteiger partial charge in [0.1, 0.15) is 6.10 Å². The summed E-state index contributed by atoms with van der Waals surface area (Å²) in [6.45, 7) is 3.34. The lowest BCUT2D eigenvalue weighted by molar-refractivity contribution is -0.142. The fraction of sp³-hybridized carbons (Fsp3) is 0.900. The van der Waals surface area contributed by atoms with Crippen LogP contribution in [0.1, 0.15) is 32.1 Å². The molecule has 2 heterocycles. The highest BCUT2D eigenvalue weighted by Crippen LogP contribution is 2.17. The van der Waals surface area contributed by atoms with Gasteiger partial charge in [0.15, 0.2) is 0 Å². The van der Waals surface area contributed by atoms with Crippen molar-refractivity contribution in [3.05, 3.63) is 0 Å². The fourth-order valence-corrected chi connectivity index (χ4v) is 2.14. The van der Waals surface area contributed by atoms with E-state index in [1.54, 1.807) is 0 Å². The van der Waals surface area contributed by atoms with Gasteiger partial charge >= 0.3 is 5.97 Å². The van der Waals surface area contributed by atoms with Crippen LogP contribution < -0.4 is 0 Å². The maximum Gasteiger partial charge on any atom is 0.306 e. The van der Waals surface area contributed by atoms with E-state index in [-0.39, 0.29) is 12.1 Å². The van der Waals surface area contributed by atoms with Crippen LogP contribution in [-0.4, -0.2) is 36.6 Å². The van der Waals surface area contributed by atoms with Gasteiger partial charge in [-0.1, -0.05) is 6.42 Å². The molecule has 0 bridgehead atoms. The first kappa shape index (κ1) is 9.00. The van der Waals surface area contributed by atoms with Crippen LogP contribution in [0.5, 0.6) is 0 Å². The number of rotatable bonds is 2. The second kappa shape index (κ2) is 4.09. The summed E-state index contributed by atoms with van der Waals surface area (Å²) >= 11 is 0. The zero-order chi connectivity index (χ0) is 9.10. The molecular formula is C10H17NO2. The van der Waals surface area contributed by atoms with Crippen molar-refractivity contribution in [3.63, 3.8) is 0 Å². The van der Waals surface area contributed by atoms with Gasteiger partial charge in [0.05, 0.1) is 0 Å². The fourth-order valence-electron chi connectivity index (χ4n) is 2.14. The van der Waals surface area contributed by atoms with Crippen molar-refractivity contribution in [3.8, 4) is 0 Å². The molecule has 2 aliphatic rings. The van der Waals surface area contributed by atoms with Crippen LogP contribution in [0.3, 0.4) is 0 Å². The van der Waals surface area contributed by atoms with Gasteiger partial charge in [-0.2, -0.15) is 0 Å².